The molecule has 7 heteroatoms. The standard InChI is InChI=1S/C11H12F2N4O/c1-16-5-4-15-9(10(16)18)17-7-11(12,13)6-8(17)2-3-14/h4-5,8H,2,6-7H2,1H3. The first-order chi connectivity index (χ1) is 8.44. The lowest BCUT2D eigenvalue weighted by molar-refractivity contribution is 0.0225. The van der Waals surface area contributed by atoms with Crippen molar-refractivity contribution in [3.63, 3.8) is 0 Å². The van der Waals surface area contributed by atoms with Crippen LogP contribution in [-0.4, -0.2) is 28.1 Å². The van der Waals surface area contributed by atoms with Gasteiger partial charge in [0.1, 0.15) is 0 Å². The van der Waals surface area contributed by atoms with Gasteiger partial charge >= 0.3 is 0 Å². The Morgan fingerprint density at radius 1 is 1.67 bits per heavy atom. The SMILES string of the molecule is Cn1ccnc(N2CC(F)(F)CC2CC#N)c1=O. The number of rotatable bonds is 2. The second-order valence-corrected chi connectivity index (χ2v) is 4.37. The number of anilines is 1. The van der Waals surface area contributed by atoms with Gasteiger partial charge in [0.15, 0.2) is 5.82 Å². The fraction of sp³-hybridized carbons (Fsp3) is 0.545. The Morgan fingerprint density at radius 2 is 2.39 bits per heavy atom. The molecule has 2 heterocycles. The normalized spacial score (nSPS) is 21.9. The largest absolute Gasteiger partial charge is 0.342 e. The summed E-state index contributed by atoms with van der Waals surface area (Å²) in [6.45, 7) is -0.564. The van der Waals surface area contributed by atoms with Crippen LogP contribution in [0.25, 0.3) is 0 Å². The van der Waals surface area contributed by atoms with Gasteiger partial charge in [0, 0.05) is 31.9 Å². The molecule has 0 radical (unpaired) electrons. The summed E-state index contributed by atoms with van der Waals surface area (Å²) in [5, 5.41) is 8.66. The molecule has 2 rings (SSSR count). The molecule has 0 amide bonds. The summed E-state index contributed by atoms with van der Waals surface area (Å²) in [6, 6.07) is 1.21. The third-order valence-electron chi connectivity index (χ3n) is 2.97. The topological polar surface area (TPSA) is 61.9 Å². The maximum absolute atomic E-state index is 13.4. The van der Waals surface area contributed by atoms with Crippen LogP contribution >= 0.6 is 0 Å². The van der Waals surface area contributed by atoms with Crippen molar-refractivity contribution in [1.82, 2.24) is 9.55 Å². The van der Waals surface area contributed by atoms with Crippen molar-refractivity contribution in [3.05, 3.63) is 22.7 Å². The number of nitriles is 1. The average Bonchev–Trinajstić information content (AvgIpc) is 2.58. The second kappa shape index (κ2) is 4.37. The lowest BCUT2D eigenvalue weighted by atomic mass is 10.1. The maximum Gasteiger partial charge on any atom is 0.293 e. The zero-order chi connectivity index (χ0) is 13.3. The Bertz CT molecular complexity index is 549. The van der Waals surface area contributed by atoms with E-state index in [0.29, 0.717) is 0 Å². The van der Waals surface area contributed by atoms with E-state index in [9.17, 15) is 13.6 Å². The zero-order valence-corrected chi connectivity index (χ0v) is 9.81. The van der Waals surface area contributed by atoms with Crippen molar-refractivity contribution in [2.45, 2.75) is 24.8 Å². The maximum atomic E-state index is 13.4. The van der Waals surface area contributed by atoms with Gasteiger partial charge in [-0.15, -0.1) is 0 Å². The molecule has 1 saturated heterocycles. The monoisotopic (exact) mass is 254 g/mol. The summed E-state index contributed by atoms with van der Waals surface area (Å²) in [6.07, 6.45) is 2.38. The summed E-state index contributed by atoms with van der Waals surface area (Å²) in [7, 11) is 1.53. The van der Waals surface area contributed by atoms with E-state index in [2.05, 4.69) is 4.98 Å². The van der Waals surface area contributed by atoms with Gasteiger partial charge < -0.3 is 9.47 Å². The molecule has 96 valence electrons. The highest BCUT2D eigenvalue weighted by molar-refractivity contribution is 5.40. The van der Waals surface area contributed by atoms with Gasteiger partial charge in [0.05, 0.1) is 19.0 Å². The van der Waals surface area contributed by atoms with Crippen LogP contribution in [0.1, 0.15) is 12.8 Å². The number of aromatic nitrogens is 2. The van der Waals surface area contributed by atoms with Gasteiger partial charge in [-0.25, -0.2) is 13.8 Å². The van der Waals surface area contributed by atoms with Crippen molar-refractivity contribution in [2.75, 3.05) is 11.4 Å². The first-order valence-corrected chi connectivity index (χ1v) is 5.48. The van der Waals surface area contributed by atoms with Crippen LogP contribution in [0, 0.1) is 11.3 Å². The van der Waals surface area contributed by atoms with Crippen LogP contribution in [0.4, 0.5) is 14.6 Å². The first kappa shape index (κ1) is 12.5. The summed E-state index contributed by atoms with van der Waals surface area (Å²) in [5.74, 6) is -2.90. The Balaban J connectivity index is 2.40. The number of halogens is 2. The van der Waals surface area contributed by atoms with E-state index in [1.54, 1.807) is 0 Å². The summed E-state index contributed by atoms with van der Waals surface area (Å²) < 4.78 is 28.1. The van der Waals surface area contributed by atoms with Crippen molar-refractivity contribution in [2.24, 2.45) is 7.05 Å². The molecule has 0 saturated carbocycles. The summed E-state index contributed by atoms with van der Waals surface area (Å²) in [4.78, 5) is 17.0. The molecular weight excluding hydrogens is 242 g/mol. The average molecular weight is 254 g/mol. The van der Waals surface area contributed by atoms with Crippen molar-refractivity contribution in [3.8, 4) is 6.07 Å². The Kier molecular flexibility index (Phi) is 3.03. The molecule has 1 atom stereocenters. The van der Waals surface area contributed by atoms with E-state index < -0.39 is 30.5 Å². The van der Waals surface area contributed by atoms with E-state index >= 15 is 0 Å². The van der Waals surface area contributed by atoms with Gasteiger partial charge in [0.25, 0.3) is 11.5 Å². The number of aryl methyl sites for hydroxylation is 1. The molecule has 1 aromatic heterocycles. The number of hydrogen-bond donors (Lipinski definition) is 0. The smallest absolute Gasteiger partial charge is 0.293 e. The quantitative estimate of drug-likeness (QED) is 0.787. The molecule has 1 aliphatic rings. The molecule has 18 heavy (non-hydrogen) atoms. The molecule has 1 fully saturated rings. The fourth-order valence-corrected chi connectivity index (χ4v) is 2.11. The Labute approximate surface area is 102 Å². The molecule has 0 aromatic carbocycles. The van der Waals surface area contributed by atoms with E-state index in [-0.39, 0.29) is 12.2 Å². The molecule has 0 aliphatic carbocycles. The molecule has 1 unspecified atom stereocenters. The minimum absolute atomic E-state index is 0.0163. The van der Waals surface area contributed by atoms with Crippen LogP contribution < -0.4 is 10.5 Å². The third-order valence-corrected chi connectivity index (χ3v) is 2.97. The van der Waals surface area contributed by atoms with Gasteiger partial charge in [-0.1, -0.05) is 0 Å². The van der Waals surface area contributed by atoms with E-state index in [1.807, 2.05) is 6.07 Å². The number of alkyl halides is 2. The van der Waals surface area contributed by atoms with Crippen LogP contribution in [0.15, 0.2) is 17.2 Å². The zero-order valence-electron chi connectivity index (χ0n) is 9.81. The third kappa shape index (κ3) is 2.18. The van der Waals surface area contributed by atoms with Gasteiger partial charge in [-0.05, 0) is 0 Å². The number of nitrogens with zero attached hydrogens (tertiary/aromatic N) is 4. The van der Waals surface area contributed by atoms with E-state index in [4.69, 9.17) is 5.26 Å². The highest BCUT2D eigenvalue weighted by atomic mass is 19.3. The minimum atomic E-state index is -2.88. The van der Waals surface area contributed by atoms with E-state index in [0.717, 1.165) is 0 Å². The fourth-order valence-electron chi connectivity index (χ4n) is 2.11. The lowest BCUT2D eigenvalue weighted by Crippen LogP contribution is -2.37. The molecule has 0 bridgehead atoms. The van der Waals surface area contributed by atoms with Crippen LogP contribution in [0.2, 0.25) is 0 Å². The summed E-state index contributed by atoms with van der Waals surface area (Å²) in [5.41, 5.74) is -0.432. The molecule has 1 aromatic rings. The molecule has 0 N–H and O–H groups in total. The van der Waals surface area contributed by atoms with Gasteiger partial charge in [0.2, 0.25) is 0 Å². The molecular formula is C11H12F2N4O. The molecule has 1 aliphatic heterocycles. The highest BCUT2D eigenvalue weighted by Crippen LogP contribution is 2.34. The van der Waals surface area contributed by atoms with Crippen LogP contribution in [-0.2, 0) is 7.05 Å². The number of hydrogen-bond acceptors (Lipinski definition) is 4. The summed E-state index contributed by atoms with van der Waals surface area (Å²) >= 11 is 0. The predicted molar refractivity (Wildman–Crippen MR) is 60.4 cm³/mol. The van der Waals surface area contributed by atoms with Crippen LogP contribution in [0.3, 0.4) is 0 Å². The van der Waals surface area contributed by atoms with Crippen LogP contribution in [0.5, 0.6) is 0 Å². The predicted octanol–water partition coefficient (Wildman–Crippen LogP) is 0.908. The Hall–Kier alpha value is -1.97. The van der Waals surface area contributed by atoms with E-state index in [1.165, 1.54) is 28.9 Å². The van der Waals surface area contributed by atoms with Gasteiger partial charge in [-0.3, -0.25) is 4.79 Å². The van der Waals surface area contributed by atoms with Gasteiger partial charge in [-0.2, -0.15) is 5.26 Å². The minimum Gasteiger partial charge on any atom is -0.342 e. The molecule has 5 nitrogen and oxygen atoms in total. The molecule has 0 spiro atoms. The Morgan fingerprint density at radius 3 is 3.06 bits per heavy atom. The van der Waals surface area contributed by atoms with Crippen molar-refractivity contribution in [1.29, 1.82) is 5.26 Å². The van der Waals surface area contributed by atoms with Crippen molar-refractivity contribution >= 4 is 5.82 Å². The lowest BCUT2D eigenvalue weighted by Gasteiger charge is -2.22. The second-order valence-electron chi connectivity index (χ2n) is 4.37. The van der Waals surface area contributed by atoms with Crippen molar-refractivity contribution < 1.29 is 8.78 Å². The highest BCUT2D eigenvalue weighted by Gasteiger charge is 2.46. The first-order valence-electron chi connectivity index (χ1n) is 5.48.